The number of rotatable bonds is 2. The first-order chi connectivity index (χ1) is 6.04. The van der Waals surface area contributed by atoms with Crippen LogP contribution in [0.5, 0.6) is 5.75 Å². The van der Waals surface area contributed by atoms with E-state index in [-0.39, 0.29) is 11.5 Å². The second-order valence-corrected chi connectivity index (χ2v) is 3.88. The summed E-state index contributed by atoms with van der Waals surface area (Å²) in [7, 11) is 0. The average molecular weight is 264 g/mol. The number of carbonyl (C=O) groups excluding carboxylic acids is 1. The number of aromatic hydroxyl groups is 1. The van der Waals surface area contributed by atoms with Crippen molar-refractivity contribution in [3.63, 3.8) is 0 Å². The molecule has 1 aromatic rings. The van der Waals surface area contributed by atoms with Gasteiger partial charge in [0.1, 0.15) is 11.1 Å². The minimum atomic E-state index is -0.707. The third-order valence-electron chi connectivity index (χ3n) is 1.64. The normalized spacial score (nSPS) is 12.5. The quantitative estimate of drug-likeness (QED) is 0.833. The minimum absolute atomic E-state index is 0.0874. The van der Waals surface area contributed by atoms with Crippen LogP contribution in [0.15, 0.2) is 22.7 Å². The fraction of sp³-hybridized carbons (Fsp3) is 0.222. The fourth-order valence-electron chi connectivity index (χ4n) is 0.952. The van der Waals surface area contributed by atoms with Crippen molar-refractivity contribution in [1.29, 1.82) is 0 Å². The largest absolute Gasteiger partial charge is 0.507 e. The molecule has 0 fully saturated rings. The maximum Gasteiger partial charge on any atom is 0.152 e. The van der Waals surface area contributed by atoms with Crippen molar-refractivity contribution in [3.05, 3.63) is 28.2 Å². The smallest absolute Gasteiger partial charge is 0.152 e. The molecule has 0 amide bonds. The van der Waals surface area contributed by atoms with Gasteiger partial charge in [0, 0.05) is 0 Å². The molecular formula is C9H8BrClO2. The maximum atomic E-state index is 11.0. The maximum absolute atomic E-state index is 11.0. The number of phenolic OH excluding ortho intramolecular Hbond substituents is 1. The van der Waals surface area contributed by atoms with Gasteiger partial charge in [-0.15, -0.1) is 11.6 Å². The molecule has 70 valence electrons. The van der Waals surface area contributed by atoms with Crippen molar-refractivity contribution in [3.8, 4) is 5.75 Å². The van der Waals surface area contributed by atoms with Gasteiger partial charge in [0.15, 0.2) is 5.78 Å². The van der Waals surface area contributed by atoms with Gasteiger partial charge in [0.25, 0.3) is 0 Å². The van der Waals surface area contributed by atoms with Crippen molar-refractivity contribution < 1.29 is 9.90 Å². The van der Waals surface area contributed by atoms with E-state index in [9.17, 15) is 9.90 Å². The minimum Gasteiger partial charge on any atom is -0.507 e. The van der Waals surface area contributed by atoms with Crippen LogP contribution < -0.4 is 0 Å². The number of hydrogen-bond donors (Lipinski definition) is 1. The van der Waals surface area contributed by atoms with E-state index in [2.05, 4.69) is 15.9 Å². The monoisotopic (exact) mass is 262 g/mol. The number of phenols is 1. The summed E-state index contributed by atoms with van der Waals surface area (Å²) in [6.45, 7) is 1.41. The molecule has 0 aliphatic rings. The molecule has 2 nitrogen and oxygen atoms in total. The molecule has 0 radical (unpaired) electrons. The van der Waals surface area contributed by atoms with Gasteiger partial charge in [-0.1, -0.05) is 12.1 Å². The summed E-state index contributed by atoms with van der Waals surface area (Å²) in [6.07, 6.45) is 0. The first-order valence-electron chi connectivity index (χ1n) is 3.66. The Labute approximate surface area is 89.7 Å². The van der Waals surface area contributed by atoms with E-state index >= 15 is 0 Å². The van der Waals surface area contributed by atoms with E-state index in [1.807, 2.05) is 0 Å². The zero-order valence-electron chi connectivity index (χ0n) is 6.92. The van der Waals surface area contributed by atoms with Crippen LogP contribution in [-0.2, 0) is 4.79 Å². The molecule has 13 heavy (non-hydrogen) atoms. The van der Waals surface area contributed by atoms with Gasteiger partial charge in [-0.2, -0.15) is 0 Å². The summed E-state index contributed by atoms with van der Waals surface area (Å²) in [5.41, 5.74) is 0.592. The molecule has 1 atom stereocenters. The first-order valence-corrected chi connectivity index (χ1v) is 4.89. The van der Waals surface area contributed by atoms with E-state index in [0.717, 1.165) is 0 Å². The third-order valence-corrected chi connectivity index (χ3v) is 3.04. The Balaban J connectivity index is 3.15. The molecule has 1 unspecified atom stereocenters. The van der Waals surface area contributed by atoms with E-state index in [1.165, 1.54) is 13.0 Å². The zero-order chi connectivity index (χ0) is 10.0. The summed E-state index contributed by atoms with van der Waals surface area (Å²) in [5.74, 6) is -0.0580. The average Bonchev–Trinajstić information content (AvgIpc) is 2.08. The Hall–Kier alpha value is -0.540. The number of carbonyl (C=O) groups is 1. The predicted octanol–water partition coefficient (Wildman–Crippen LogP) is 3.02. The summed E-state index contributed by atoms with van der Waals surface area (Å²) < 4.78 is 0.477. The van der Waals surface area contributed by atoms with Crippen molar-refractivity contribution in [2.45, 2.75) is 12.3 Å². The molecule has 0 aromatic heterocycles. The topological polar surface area (TPSA) is 37.3 Å². The molecule has 0 heterocycles. The lowest BCUT2D eigenvalue weighted by atomic mass is 10.1. The lowest BCUT2D eigenvalue weighted by Gasteiger charge is -2.08. The highest BCUT2D eigenvalue weighted by atomic mass is 79.9. The lowest BCUT2D eigenvalue weighted by molar-refractivity contribution is -0.116. The van der Waals surface area contributed by atoms with Gasteiger partial charge >= 0.3 is 0 Å². The van der Waals surface area contributed by atoms with E-state index < -0.39 is 5.38 Å². The molecule has 0 aliphatic carbocycles. The summed E-state index contributed by atoms with van der Waals surface area (Å²) in [4.78, 5) is 11.0. The predicted molar refractivity (Wildman–Crippen MR) is 55.1 cm³/mol. The van der Waals surface area contributed by atoms with Gasteiger partial charge in [0.05, 0.1) is 4.47 Å². The van der Waals surface area contributed by atoms with Crippen molar-refractivity contribution in [2.75, 3.05) is 0 Å². The zero-order valence-corrected chi connectivity index (χ0v) is 9.26. The molecule has 4 heteroatoms. The molecule has 0 aliphatic heterocycles. The van der Waals surface area contributed by atoms with Crippen LogP contribution in [0, 0.1) is 0 Å². The number of halogens is 2. The molecular weight excluding hydrogens is 255 g/mol. The Morgan fingerprint density at radius 3 is 2.77 bits per heavy atom. The third kappa shape index (κ3) is 2.23. The summed E-state index contributed by atoms with van der Waals surface area (Å²) >= 11 is 8.99. The van der Waals surface area contributed by atoms with Crippen LogP contribution >= 0.6 is 27.5 Å². The summed E-state index contributed by atoms with van der Waals surface area (Å²) in [6, 6.07) is 4.87. The van der Waals surface area contributed by atoms with Crippen LogP contribution in [0.3, 0.4) is 0 Å². The van der Waals surface area contributed by atoms with Crippen molar-refractivity contribution >= 4 is 33.3 Å². The molecule has 1 aromatic carbocycles. The molecule has 1 N–H and O–H groups in total. The second-order valence-electron chi connectivity index (χ2n) is 2.65. The van der Waals surface area contributed by atoms with Gasteiger partial charge < -0.3 is 5.11 Å². The SMILES string of the molecule is CC(=O)C(Cl)c1cccc(O)c1Br. The van der Waals surface area contributed by atoms with E-state index in [1.54, 1.807) is 12.1 Å². The first kappa shape index (κ1) is 10.5. The summed E-state index contributed by atoms with van der Waals surface area (Å²) in [5, 5.41) is 8.61. The van der Waals surface area contributed by atoms with E-state index in [4.69, 9.17) is 11.6 Å². The molecule has 0 saturated heterocycles. The van der Waals surface area contributed by atoms with Crippen molar-refractivity contribution in [1.82, 2.24) is 0 Å². The Bertz CT molecular complexity index is 338. The van der Waals surface area contributed by atoms with E-state index in [0.29, 0.717) is 10.0 Å². The number of alkyl halides is 1. The standard InChI is InChI=1S/C9H8BrClO2/c1-5(12)9(11)6-3-2-4-7(13)8(6)10/h2-4,9,13H,1H3. The Morgan fingerprint density at radius 2 is 2.23 bits per heavy atom. The highest BCUT2D eigenvalue weighted by Gasteiger charge is 2.17. The van der Waals surface area contributed by atoms with Crippen LogP contribution in [0.2, 0.25) is 0 Å². The Kier molecular flexibility index (Phi) is 3.33. The second kappa shape index (κ2) is 4.11. The van der Waals surface area contributed by atoms with Gasteiger partial charge in [0.2, 0.25) is 0 Å². The molecule has 1 rings (SSSR count). The molecule has 0 bridgehead atoms. The number of Topliss-reactive ketones (excluding diaryl/α,β-unsaturated/α-hetero) is 1. The number of benzene rings is 1. The van der Waals surface area contributed by atoms with Crippen LogP contribution in [0.4, 0.5) is 0 Å². The van der Waals surface area contributed by atoms with Crippen LogP contribution in [-0.4, -0.2) is 10.9 Å². The molecule has 0 spiro atoms. The highest BCUT2D eigenvalue weighted by Crippen LogP contribution is 2.34. The van der Waals surface area contributed by atoms with Gasteiger partial charge in [-0.3, -0.25) is 4.79 Å². The highest BCUT2D eigenvalue weighted by molar-refractivity contribution is 9.10. The number of hydrogen-bond acceptors (Lipinski definition) is 2. The lowest BCUT2D eigenvalue weighted by Crippen LogP contribution is -2.02. The van der Waals surface area contributed by atoms with Crippen molar-refractivity contribution in [2.24, 2.45) is 0 Å². The van der Waals surface area contributed by atoms with Crippen LogP contribution in [0.1, 0.15) is 17.9 Å². The Morgan fingerprint density at radius 1 is 1.62 bits per heavy atom. The fourth-order valence-corrected chi connectivity index (χ4v) is 1.76. The van der Waals surface area contributed by atoms with Gasteiger partial charge in [-0.25, -0.2) is 0 Å². The number of ketones is 1. The molecule has 0 saturated carbocycles. The van der Waals surface area contributed by atoms with Gasteiger partial charge in [-0.05, 0) is 34.5 Å². The van der Waals surface area contributed by atoms with Crippen LogP contribution in [0.25, 0.3) is 0 Å².